The second-order valence-electron chi connectivity index (χ2n) is 1.34. The van der Waals surface area contributed by atoms with E-state index in [1.165, 1.54) is 0 Å². The van der Waals surface area contributed by atoms with Crippen LogP contribution >= 0.6 is 0 Å². The van der Waals surface area contributed by atoms with Gasteiger partial charge in [-0.2, -0.15) is 0 Å². The van der Waals surface area contributed by atoms with E-state index in [-0.39, 0.29) is 11.6 Å². The van der Waals surface area contributed by atoms with E-state index in [0.29, 0.717) is 6.29 Å². The first-order chi connectivity index (χ1) is 3.56. The average Bonchev–Trinajstić information content (AvgIpc) is 1.59. The van der Waals surface area contributed by atoms with Crippen LogP contribution in [0.15, 0.2) is 0 Å². The van der Waals surface area contributed by atoms with Crippen LogP contribution in [0.5, 0.6) is 0 Å². The van der Waals surface area contributed by atoms with Crippen molar-refractivity contribution in [2.75, 3.05) is 0 Å². The Hall–Kier alpha value is -0.0516. The summed E-state index contributed by atoms with van der Waals surface area (Å²) in [5, 5.41) is -0.276. The molecule has 0 aromatic carbocycles. The van der Waals surface area contributed by atoms with Crippen LogP contribution in [0, 0.1) is 0 Å². The van der Waals surface area contributed by atoms with Crippen LogP contribution in [0.2, 0.25) is 5.21 Å². The second-order valence-corrected chi connectivity index (χ2v) is 5.07. The van der Waals surface area contributed by atoms with E-state index in [1.807, 2.05) is 0 Å². The summed E-state index contributed by atoms with van der Waals surface area (Å²) >= 11 is -4.45. The average molecular weight is 182 g/mol. The number of aldehydes is 1. The first-order valence-electron chi connectivity index (χ1n) is 2.04. The molecule has 0 unspecified atom stereocenters. The molecule has 0 bridgehead atoms. The van der Waals surface area contributed by atoms with Crippen molar-refractivity contribution >= 4 is 20.5 Å². The predicted octanol–water partition coefficient (Wildman–Crippen LogP) is -1.07. The van der Waals surface area contributed by atoms with E-state index in [1.54, 1.807) is 0 Å². The molecular formula is C3H7AsO4. The van der Waals surface area contributed by atoms with Crippen LogP contribution in [-0.4, -0.2) is 28.7 Å². The zero-order valence-corrected chi connectivity index (χ0v) is 6.03. The molecule has 0 heterocycles. The molecule has 0 atom stereocenters. The molecule has 5 heteroatoms. The maximum absolute atomic E-state index is 9.99. The van der Waals surface area contributed by atoms with Crippen molar-refractivity contribution in [3.63, 3.8) is 0 Å². The maximum atomic E-state index is 9.99. The van der Waals surface area contributed by atoms with Crippen molar-refractivity contribution in [2.24, 2.45) is 0 Å². The summed E-state index contributed by atoms with van der Waals surface area (Å²) < 4.78 is 26.3. The Morgan fingerprint density at radius 1 is 1.50 bits per heavy atom. The third kappa shape index (κ3) is 5.95. The summed E-state index contributed by atoms with van der Waals surface area (Å²) in [5.41, 5.74) is 0. The number of rotatable bonds is 3. The van der Waals surface area contributed by atoms with Gasteiger partial charge < -0.3 is 0 Å². The van der Waals surface area contributed by atoms with Crippen molar-refractivity contribution in [3.8, 4) is 0 Å². The first kappa shape index (κ1) is 7.95. The van der Waals surface area contributed by atoms with Gasteiger partial charge in [0.15, 0.2) is 0 Å². The number of carbonyl (C=O) groups excluding carboxylic acids is 1. The minimum absolute atomic E-state index is 0.0382. The van der Waals surface area contributed by atoms with E-state index in [2.05, 4.69) is 0 Å². The monoisotopic (exact) mass is 182 g/mol. The van der Waals surface area contributed by atoms with E-state index < -0.39 is 14.2 Å². The topological polar surface area (TPSA) is 74.6 Å². The molecular weight excluding hydrogens is 175 g/mol. The molecule has 0 aromatic heterocycles. The molecule has 0 rings (SSSR count). The van der Waals surface area contributed by atoms with Gasteiger partial charge in [-0.25, -0.2) is 0 Å². The van der Waals surface area contributed by atoms with Crippen LogP contribution in [-0.2, 0) is 8.53 Å². The molecule has 0 aliphatic carbocycles. The Balaban J connectivity index is 3.40. The third-order valence-electron chi connectivity index (χ3n) is 0.538. The zero-order valence-electron chi connectivity index (χ0n) is 4.15. The van der Waals surface area contributed by atoms with Gasteiger partial charge in [0, 0.05) is 0 Å². The van der Waals surface area contributed by atoms with Gasteiger partial charge in [0.25, 0.3) is 0 Å². The van der Waals surface area contributed by atoms with Gasteiger partial charge in [-0.15, -0.1) is 0 Å². The first-order valence-corrected chi connectivity index (χ1v) is 5.81. The Kier molecular flexibility index (Phi) is 3.05. The SMILES string of the molecule is O=CCC[As](=O)(O)O. The summed E-state index contributed by atoms with van der Waals surface area (Å²) in [7, 11) is 0. The Morgan fingerprint density at radius 3 is 2.12 bits per heavy atom. The van der Waals surface area contributed by atoms with Crippen LogP contribution in [0.4, 0.5) is 0 Å². The molecule has 4 nitrogen and oxygen atoms in total. The number of hydrogen-bond donors (Lipinski definition) is 2. The fourth-order valence-corrected chi connectivity index (χ4v) is 1.15. The Labute approximate surface area is 49.5 Å². The van der Waals surface area contributed by atoms with E-state index in [4.69, 9.17) is 8.19 Å². The zero-order chi connectivity index (χ0) is 6.62. The molecule has 0 spiro atoms. The Morgan fingerprint density at radius 2 is 2.00 bits per heavy atom. The second kappa shape index (κ2) is 3.07. The molecule has 48 valence electrons. The van der Waals surface area contributed by atoms with Crippen molar-refractivity contribution in [3.05, 3.63) is 0 Å². The molecule has 0 fully saturated rings. The summed E-state index contributed by atoms with van der Waals surface area (Å²) in [6, 6.07) is 0. The fraction of sp³-hybridized carbons (Fsp3) is 0.667. The molecule has 0 aliphatic heterocycles. The number of carbonyl (C=O) groups is 1. The summed E-state index contributed by atoms with van der Waals surface area (Å²) in [6.45, 7) is 0. The molecule has 0 amide bonds. The van der Waals surface area contributed by atoms with Crippen LogP contribution in [0.25, 0.3) is 0 Å². The van der Waals surface area contributed by atoms with E-state index in [0.717, 1.165) is 0 Å². The van der Waals surface area contributed by atoms with Crippen molar-refractivity contribution in [2.45, 2.75) is 11.6 Å². The van der Waals surface area contributed by atoms with Crippen molar-refractivity contribution in [1.29, 1.82) is 0 Å². The van der Waals surface area contributed by atoms with Crippen molar-refractivity contribution < 1.29 is 16.7 Å². The van der Waals surface area contributed by atoms with Gasteiger partial charge in [0.2, 0.25) is 0 Å². The standard InChI is InChI=1S/C3H7AsO4/c5-3-1-2-4(6,7)8/h3H,1-2H2,(H2,6,7,8). The van der Waals surface area contributed by atoms with Gasteiger partial charge >= 0.3 is 48.8 Å². The van der Waals surface area contributed by atoms with Gasteiger partial charge in [-0.3, -0.25) is 0 Å². The summed E-state index contributed by atoms with van der Waals surface area (Å²) in [4.78, 5) is 9.52. The fourth-order valence-electron chi connectivity index (χ4n) is 0.221. The van der Waals surface area contributed by atoms with E-state index >= 15 is 0 Å². The van der Waals surface area contributed by atoms with Crippen molar-refractivity contribution in [1.82, 2.24) is 0 Å². The predicted molar refractivity (Wildman–Crippen MR) is 26.4 cm³/mol. The molecule has 0 aromatic rings. The quantitative estimate of drug-likeness (QED) is 0.430. The summed E-state index contributed by atoms with van der Waals surface area (Å²) in [6.07, 6.45) is 0.462. The Bertz CT molecular complexity index is 114. The molecule has 0 aliphatic rings. The third-order valence-corrected chi connectivity index (χ3v) is 2.30. The molecule has 0 saturated heterocycles. The molecule has 2 N–H and O–H groups in total. The number of hydrogen-bond acceptors (Lipinski definition) is 2. The van der Waals surface area contributed by atoms with Crippen LogP contribution in [0.3, 0.4) is 0 Å². The molecule has 0 saturated carbocycles. The molecule has 8 heavy (non-hydrogen) atoms. The normalized spacial score (nSPS) is 11.2. The van der Waals surface area contributed by atoms with Crippen LogP contribution < -0.4 is 0 Å². The van der Waals surface area contributed by atoms with E-state index in [9.17, 15) is 8.53 Å². The summed E-state index contributed by atoms with van der Waals surface area (Å²) in [5.74, 6) is 0. The van der Waals surface area contributed by atoms with Crippen LogP contribution in [0.1, 0.15) is 6.42 Å². The van der Waals surface area contributed by atoms with Gasteiger partial charge in [-0.05, 0) is 0 Å². The van der Waals surface area contributed by atoms with Gasteiger partial charge in [0.05, 0.1) is 0 Å². The minimum atomic E-state index is -4.45. The molecule has 0 radical (unpaired) electrons. The van der Waals surface area contributed by atoms with Gasteiger partial charge in [-0.1, -0.05) is 0 Å². The van der Waals surface area contributed by atoms with Gasteiger partial charge in [0.1, 0.15) is 0 Å².